The molecule has 10 rings (SSSR count). The van der Waals surface area contributed by atoms with E-state index in [1.807, 2.05) is 0 Å². The van der Waals surface area contributed by atoms with Crippen LogP contribution >= 0.6 is 0 Å². The van der Waals surface area contributed by atoms with Crippen molar-refractivity contribution >= 4 is 17.1 Å². The predicted molar refractivity (Wildman–Crippen MR) is 245 cm³/mol. The molecule has 0 saturated heterocycles. The third kappa shape index (κ3) is 5.67. The largest absolute Gasteiger partial charge is 0.309 e. The van der Waals surface area contributed by atoms with Gasteiger partial charge in [-0.25, -0.2) is 0 Å². The predicted octanol–water partition coefficient (Wildman–Crippen LogP) is 15.2. The van der Waals surface area contributed by atoms with E-state index in [-0.39, 0.29) is 10.8 Å². The van der Waals surface area contributed by atoms with Crippen molar-refractivity contribution in [2.75, 3.05) is 4.90 Å². The second-order valence-corrected chi connectivity index (χ2v) is 17.5. The third-order valence-electron chi connectivity index (χ3n) is 13.2. The van der Waals surface area contributed by atoms with E-state index < -0.39 is 5.41 Å². The maximum absolute atomic E-state index is 2.55. The molecule has 2 aliphatic rings. The summed E-state index contributed by atoms with van der Waals surface area (Å²) in [6.45, 7) is 9.71. The first-order chi connectivity index (χ1) is 28.3. The topological polar surface area (TPSA) is 3.24 Å². The Morgan fingerprint density at radius 2 is 0.879 bits per heavy atom. The average Bonchev–Trinajstić information content (AvgIpc) is 3.56. The molecule has 0 radical (unpaired) electrons. The van der Waals surface area contributed by atoms with Crippen LogP contribution in [0.3, 0.4) is 0 Å². The second-order valence-electron chi connectivity index (χ2n) is 17.5. The Balaban J connectivity index is 1.35. The maximum Gasteiger partial charge on any atom is 0.0714 e. The molecule has 0 spiro atoms. The normalized spacial score (nSPS) is 15.5. The fourth-order valence-corrected chi connectivity index (χ4v) is 10.2. The minimum Gasteiger partial charge on any atom is -0.309 e. The third-order valence-corrected chi connectivity index (χ3v) is 13.2. The maximum atomic E-state index is 2.55. The number of para-hydroxylation sites is 2. The average molecular weight is 748 g/mol. The van der Waals surface area contributed by atoms with Crippen molar-refractivity contribution in [1.29, 1.82) is 0 Å². The number of anilines is 3. The van der Waals surface area contributed by atoms with Gasteiger partial charge in [0.05, 0.1) is 16.8 Å². The van der Waals surface area contributed by atoms with Crippen LogP contribution in [0.25, 0.3) is 33.4 Å². The molecule has 0 bridgehead atoms. The van der Waals surface area contributed by atoms with Crippen LogP contribution in [0.5, 0.6) is 0 Å². The van der Waals surface area contributed by atoms with E-state index in [4.69, 9.17) is 0 Å². The second kappa shape index (κ2) is 13.9. The number of benzene rings is 8. The summed E-state index contributed by atoms with van der Waals surface area (Å²) in [6.07, 6.45) is 2.35. The number of rotatable bonds is 7. The van der Waals surface area contributed by atoms with Crippen LogP contribution in [0.4, 0.5) is 17.1 Å². The van der Waals surface area contributed by atoms with Gasteiger partial charge >= 0.3 is 0 Å². The molecule has 8 aromatic carbocycles. The Bertz CT molecular complexity index is 2720. The van der Waals surface area contributed by atoms with Crippen LogP contribution in [-0.4, -0.2) is 0 Å². The van der Waals surface area contributed by atoms with Crippen molar-refractivity contribution in [2.24, 2.45) is 0 Å². The quantitative estimate of drug-likeness (QED) is 0.157. The Labute approximate surface area is 344 Å². The minimum absolute atomic E-state index is 0.0686. The lowest BCUT2D eigenvalue weighted by Crippen LogP contribution is -2.33. The van der Waals surface area contributed by atoms with Gasteiger partial charge in [-0.05, 0) is 110 Å². The molecule has 282 valence electrons. The minimum atomic E-state index is -0.537. The van der Waals surface area contributed by atoms with Crippen molar-refractivity contribution in [3.8, 4) is 33.4 Å². The Kier molecular flexibility index (Phi) is 8.61. The highest BCUT2D eigenvalue weighted by Gasteiger charge is 2.47. The fraction of sp³-hybridized carbons (Fsp3) is 0.158. The fourth-order valence-electron chi connectivity index (χ4n) is 10.2. The summed E-state index contributed by atoms with van der Waals surface area (Å²) in [5.74, 6) is 0. The zero-order valence-electron chi connectivity index (χ0n) is 33.9. The van der Waals surface area contributed by atoms with Gasteiger partial charge in [0, 0.05) is 16.8 Å². The molecule has 0 unspecified atom stereocenters. The van der Waals surface area contributed by atoms with E-state index in [1.54, 1.807) is 0 Å². The van der Waals surface area contributed by atoms with Crippen molar-refractivity contribution in [2.45, 2.75) is 56.8 Å². The Hall–Kier alpha value is -6.44. The molecule has 58 heavy (non-hydrogen) atoms. The zero-order chi connectivity index (χ0) is 39.5. The molecule has 0 aromatic heterocycles. The van der Waals surface area contributed by atoms with E-state index in [1.165, 1.54) is 73.2 Å². The lowest BCUT2D eigenvalue weighted by atomic mass is 9.63. The zero-order valence-corrected chi connectivity index (χ0v) is 33.9. The molecular weight excluding hydrogens is 699 g/mol. The summed E-state index contributed by atoms with van der Waals surface area (Å²) < 4.78 is 0. The van der Waals surface area contributed by atoms with E-state index in [0.717, 1.165) is 23.5 Å². The first-order valence-electron chi connectivity index (χ1n) is 20.8. The van der Waals surface area contributed by atoms with Crippen LogP contribution in [-0.2, 0) is 16.2 Å². The lowest BCUT2D eigenvalue weighted by Gasteiger charge is -2.42. The molecule has 1 nitrogen and oxygen atoms in total. The van der Waals surface area contributed by atoms with Crippen molar-refractivity contribution < 1.29 is 0 Å². The first-order valence-corrected chi connectivity index (χ1v) is 20.8. The molecular formula is C57H49N. The number of hydrogen-bond donors (Lipinski definition) is 0. The number of hydrogen-bond acceptors (Lipinski definition) is 1. The highest BCUT2D eigenvalue weighted by Crippen LogP contribution is 2.59. The summed E-state index contributed by atoms with van der Waals surface area (Å²) in [6, 6.07) is 74.6. The van der Waals surface area contributed by atoms with Crippen LogP contribution in [0, 0.1) is 0 Å². The van der Waals surface area contributed by atoms with Crippen molar-refractivity contribution in [3.63, 3.8) is 0 Å². The van der Waals surface area contributed by atoms with Crippen LogP contribution < -0.4 is 4.90 Å². The Morgan fingerprint density at radius 1 is 0.345 bits per heavy atom. The van der Waals surface area contributed by atoms with Gasteiger partial charge in [-0.3, -0.25) is 0 Å². The molecule has 0 N–H and O–H groups in total. The standard InChI is InChI=1S/C57H49N/c1-55(2)35-36-56(3,4)52-37-41(33-34-50(52)55)47-38-48-46-30-17-19-31-49(46)57(42-23-11-6-12-24-42,43-25-13-7-14-26-43)51(48)39-54(47)58(44-27-15-8-16-28-44)53-32-20-18-29-45(53)40-21-9-5-10-22-40/h5-34,37-39H,35-36H2,1-4H3. The van der Waals surface area contributed by atoms with Gasteiger partial charge in [0.25, 0.3) is 0 Å². The van der Waals surface area contributed by atoms with Gasteiger partial charge in [-0.1, -0.05) is 198 Å². The molecule has 8 aromatic rings. The van der Waals surface area contributed by atoms with Gasteiger partial charge in [-0.15, -0.1) is 0 Å². The number of nitrogens with zero attached hydrogens (tertiary/aromatic N) is 1. The molecule has 0 atom stereocenters. The molecule has 0 heterocycles. The van der Waals surface area contributed by atoms with Gasteiger partial charge in [0.1, 0.15) is 0 Å². The smallest absolute Gasteiger partial charge is 0.0714 e. The van der Waals surface area contributed by atoms with Gasteiger partial charge < -0.3 is 4.90 Å². The van der Waals surface area contributed by atoms with Crippen molar-refractivity contribution in [1.82, 2.24) is 0 Å². The molecule has 1 heteroatoms. The molecule has 0 saturated carbocycles. The SMILES string of the molecule is CC1(C)CCC(C)(C)c2cc(-c3cc4c(cc3N(c3ccccc3)c3ccccc3-c3ccccc3)C(c3ccccc3)(c3ccccc3)c3ccccc3-4)ccc21. The Morgan fingerprint density at radius 3 is 1.53 bits per heavy atom. The molecule has 2 aliphatic carbocycles. The lowest BCUT2D eigenvalue weighted by molar-refractivity contribution is 0.332. The highest BCUT2D eigenvalue weighted by atomic mass is 15.1. The van der Waals surface area contributed by atoms with E-state index in [9.17, 15) is 0 Å². The van der Waals surface area contributed by atoms with Gasteiger partial charge in [-0.2, -0.15) is 0 Å². The monoisotopic (exact) mass is 747 g/mol. The summed E-state index contributed by atoms with van der Waals surface area (Å²) in [4.78, 5) is 2.52. The summed E-state index contributed by atoms with van der Waals surface area (Å²) in [7, 11) is 0. The number of fused-ring (bicyclic) bond motifs is 4. The molecule has 0 fully saturated rings. The van der Waals surface area contributed by atoms with E-state index in [2.05, 4.69) is 233 Å². The summed E-state index contributed by atoms with van der Waals surface area (Å²) >= 11 is 0. The molecule has 0 aliphatic heterocycles. The highest BCUT2D eigenvalue weighted by molar-refractivity contribution is 5.98. The van der Waals surface area contributed by atoms with E-state index >= 15 is 0 Å². The van der Waals surface area contributed by atoms with E-state index in [0.29, 0.717) is 0 Å². The molecule has 0 amide bonds. The van der Waals surface area contributed by atoms with Crippen LogP contribution in [0.15, 0.2) is 200 Å². The van der Waals surface area contributed by atoms with Gasteiger partial charge in [0.15, 0.2) is 0 Å². The first kappa shape index (κ1) is 35.9. The summed E-state index contributed by atoms with van der Waals surface area (Å²) in [5, 5.41) is 0. The van der Waals surface area contributed by atoms with Gasteiger partial charge in [0.2, 0.25) is 0 Å². The van der Waals surface area contributed by atoms with Crippen LogP contribution in [0.1, 0.15) is 73.9 Å². The van der Waals surface area contributed by atoms with Crippen LogP contribution in [0.2, 0.25) is 0 Å². The summed E-state index contributed by atoms with van der Waals surface area (Å²) in [5.41, 5.74) is 18.6. The van der Waals surface area contributed by atoms with Crippen molar-refractivity contribution in [3.05, 3.63) is 234 Å².